The van der Waals surface area contributed by atoms with Crippen molar-refractivity contribution in [3.8, 4) is 11.5 Å². The van der Waals surface area contributed by atoms with E-state index in [0.29, 0.717) is 18.8 Å². The van der Waals surface area contributed by atoms with Crippen LogP contribution in [-0.2, 0) is 20.9 Å². The number of ether oxygens (including phenoxy) is 3. The van der Waals surface area contributed by atoms with E-state index in [1.807, 2.05) is 42.5 Å². The molecule has 3 rings (SSSR count). The van der Waals surface area contributed by atoms with Gasteiger partial charge in [0, 0.05) is 32.7 Å². The van der Waals surface area contributed by atoms with E-state index in [1.165, 1.54) is 0 Å². The van der Waals surface area contributed by atoms with E-state index in [4.69, 9.17) is 14.2 Å². The van der Waals surface area contributed by atoms with Gasteiger partial charge in [-0.15, -0.1) is 0 Å². The highest BCUT2D eigenvalue weighted by Gasteiger charge is 2.26. The van der Waals surface area contributed by atoms with Crippen LogP contribution in [0.5, 0.6) is 11.5 Å². The zero-order valence-electron chi connectivity index (χ0n) is 19.4. The number of methoxy groups -OCH3 is 1. The molecule has 8 nitrogen and oxygen atoms in total. The normalized spacial score (nSPS) is 14.8. The molecular weight excluding hydrogens is 422 g/mol. The maximum atomic E-state index is 13.1. The van der Waals surface area contributed by atoms with E-state index in [-0.39, 0.29) is 18.4 Å². The van der Waals surface area contributed by atoms with Crippen LogP contribution in [0.25, 0.3) is 0 Å². The van der Waals surface area contributed by atoms with Gasteiger partial charge in [-0.25, -0.2) is 0 Å². The minimum atomic E-state index is -0.649. The van der Waals surface area contributed by atoms with E-state index in [2.05, 4.69) is 10.2 Å². The molecule has 2 amide bonds. The number of morpholine rings is 1. The van der Waals surface area contributed by atoms with Gasteiger partial charge in [0.25, 0.3) is 5.91 Å². The van der Waals surface area contributed by atoms with Crippen LogP contribution in [0.3, 0.4) is 0 Å². The van der Waals surface area contributed by atoms with Crippen LogP contribution in [0.2, 0.25) is 0 Å². The highest BCUT2D eigenvalue weighted by molar-refractivity contribution is 5.87. The third-order valence-corrected chi connectivity index (χ3v) is 5.62. The Labute approximate surface area is 195 Å². The Bertz CT molecular complexity index is 869. The number of carbonyl (C=O) groups excluding carboxylic acids is 2. The van der Waals surface area contributed by atoms with Gasteiger partial charge in [-0.05, 0) is 36.8 Å². The molecule has 2 aromatic carbocycles. The largest absolute Gasteiger partial charge is 0.497 e. The van der Waals surface area contributed by atoms with Gasteiger partial charge in [0.1, 0.15) is 17.5 Å². The van der Waals surface area contributed by atoms with E-state index in [9.17, 15) is 9.59 Å². The van der Waals surface area contributed by atoms with Gasteiger partial charge in [-0.1, -0.05) is 30.3 Å². The lowest BCUT2D eigenvalue weighted by Crippen LogP contribution is -2.50. The Hall–Kier alpha value is -3.10. The molecule has 1 heterocycles. The van der Waals surface area contributed by atoms with Crippen molar-refractivity contribution in [3.63, 3.8) is 0 Å². The second-order valence-electron chi connectivity index (χ2n) is 7.89. The number of hydrogen-bond donors (Lipinski definition) is 1. The van der Waals surface area contributed by atoms with Crippen LogP contribution in [0.15, 0.2) is 54.6 Å². The van der Waals surface area contributed by atoms with Gasteiger partial charge < -0.3 is 24.4 Å². The Morgan fingerprint density at radius 3 is 2.42 bits per heavy atom. The number of nitrogens with zero attached hydrogens (tertiary/aromatic N) is 2. The van der Waals surface area contributed by atoms with Crippen molar-refractivity contribution in [3.05, 3.63) is 60.2 Å². The van der Waals surface area contributed by atoms with Crippen molar-refractivity contribution >= 4 is 11.8 Å². The van der Waals surface area contributed by atoms with Crippen molar-refractivity contribution < 1.29 is 23.8 Å². The highest BCUT2D eigenvalue weighted by Crippen LogP contribution is 2.16. The SMILES string of the molecule is COc1ccc(CN(C(=O)COc2ccccc2)[C@H](C)C(=O)NCCN2CCOCC2)cc1. The first-order valence-corrected chi connectivity index (χ1v) is 11.2. The van der Waals surface area contributed by atoms with E-state index in [1.54, 1.807) is 31.1 Å². The molecule has 0 aromatic heterocycles. The predicted octanol–water partition coefficient (Wildman–Crippen LogP) is 1.94. The van der Waals surface area contributed by atoms with Crippen LogP contribution in [0.1, 0.15) is 12.5 Å². The Balaban J connectivity index is 1.61. The minimum Gasteiger partial charge on any atom is -0.497 e. The van der Waals surface area contributed by atoms with Gasteiger partial charge in [-0.2, -0.15) is 0 Å². The molecule has 1 atom stereocenters. The van der Waals surface area contributed by atoms with Crippen molar-refractivity contribution in [2.75, 3.05) is 53.1 Å². The van der Waals surface area contributed by atoms with Crippen LogP contribution < -0.4 is 14.8 Å². The first-order valence-electron chi connectivity index (χ1n) is 11.2. The third kappa shape index (κ3) is 7.76. The zero-order chi connectivity index (χ0) is 23.5. The molecule has 1 fully saturated rings. The summed E-state index contributed by atoms with van der Waals surface area (Å²) in [6.07, 6.45) is 0. The quantitative estimate of drug-likeness (QED) is 0.558. The zero-order valence-corrected chi connectivity index (χ0v) is 19.4. The molecule has 1 aliphatic heterocycles. The van der Waals surface area contributed by atoms with Crippen molar-refractivity contribution in [2.24, 2.45) is 0 Å². The first kappa shape index (κ1) is 24.5. The predicted molar refractivity (Wildman–Crippen MR) is 125 cm³/mol. The van der Waals surface area contributed by atoms with E-state index >= 15 is 0 Å². The molecule has 0 unspecified atom stereocenters. The standard InChI is InChI=1S/C25H33N3O5/c1-20(25(30)26-12-13-27-14-16-32-17-15-27)28(18-21-8-10-22(31-2)11-9-21)24(29)19-33-23-6-4-3-5-7-23/h3-11,20H,12-19H2,1-2H3,(H,26,30)/t20-/m1/s1. The molecule has 0 aliphatic carbocycles. The molecule has 1 aliphatic rings. The number of rotatable bonds is 11. The van der Waals surface area contributed by atoms with Crippen LogP contribution in [0, 0.1) is 0 Å². The fourth-order valence-corrected chi connectivity index (χ4v) is 3.56. The molecule has 1 saturated heterocycles. The number of amides is 2. The molecule has 0 saturated carbocycles. The number of para-hydroxylation sites is 1. The molecule has 0 radical (unpaired) electrons. The summed E-state index contributed by atoms with van der Waals surface area (Å²) in [5.74, 6) is 0.895. The fourth-order valence-electron chi connectivity index (χ4n) is 3.56. The highest BCUT2D eigenvalue weighted by atomic mass is 16.5. The molecule has 0 spiro atoms. The van der Waals surface area contributed by atoms with E-state index < -0.39 is 6.04 Å². The molecule has 178 valence electrons. The maximum Gasteiger partial charge on any atom is 0.261 e. The van der Waals surface area contributed by atoms with Crippen molar-refractivity contribution in [1.82, 2.24) is 15.1 Å². The molecule has 2 aromatic rings. The lowest BCUT2D eigenvalue weighted by molar-refractivity contribution is -0.142. The summed E-state index contributed by atoms with van der Waals surface area (Å²) < 4.78 is 16.2. The van der Waals surface area contributed by atoms with Gasteiger partial charge in [0.2, 0.25) is 5.91 Å². The Morgan fingerprint density at radius 2 is 1.76 bits per heavy atom. The molecule has 33 heavy (non-hydrogen) atoms. The topological polar surface area (TPSA) is 80.3 Å². The minimum absolute atomic E-state index is 0.147. The summed E-state index contributed by atoms with van der Waals surface area (Å²) in [6.45, 7) is 6.33. The van der Waals surface area contributed by atoms with Crippen LogP contribution in [0.4, 0.5) is 0 Å². The maximum absolute atomic E-state index is 13.1. The average Bonchev–Trinajstić information content (AvgIpc) is 2.87. The summed E-state index contributed by atoms with van der Waals surface area (Å²) >= 11 is 0. The molecular formula is C25H33N3O5. The Kier molecular flexibility index (Phi) is 9.53. The van der Waals surface area contributed by atoms with Gasteiger partial charge in [-0.3, -0.25) is 14.5 Å². The van der Waals surface area contributed by atoms with Gasteiger partial charge in [0.15, 0.2) is 6.61 Å². The third-order valence-electron chi connectivity index (χ3n) is 5.62. The van der Waals surface area contributed by atoms with Gasteiger partial charge >= 0.3 is 0 Å². The average molecular weight is 456 g/mol. The van der Waals surface area contributed by atoms with Crippen LogP contribution >= 0.6 is 0 Å². The molecule has 1 N–H and O–H groups in total. The number of benzene rings is 2. The lowest BCUT2D eigenvalue weighted by atomic mass is 10.1. The molecule has 8 heteroatoms. The van der Waals surface area contributed by atoms with Gasteiger partial charge in [0.05, 0.1) is 20.3 Å². The fraction of sp³-hybridized carbons (Fsp3) is 0.440. The summed E-state index contributed by atoms with van der Waals surface area (Å²) in [4.78, 5) is 29.8. The molecule has 0 bridgehead atoms. The van der Waals surface area contributed by atoms with Crippen molar-refractivity contribution in [2.45, 2.75) is 19.5 Å². The van der Waals surface area contributed by atoms with E-state index in [0.717, 1.165) is 44.2 Å². The smallest absolute Gasteiger partial charge is 0.261 e. The summed E-state index contributed by atoms with van der Waals surface area (Å²) in [7, 11) is 1.61. The summed E-state index contributed by atoms with van der Waals surface area (Å²) in [5.41, 5.74) is 0.900. The van der Waals surface area contributed by atoms with Crippen molar-refractivity contribution in [1.29, 1.82) is 0 Å². The lowest BCUT2D eigenvalue weighted by Gasteiger charge is -2.30. The second kappa shape index (κ2) is 12.8. The number of hydrogen-bond acceptors (Lipinski definition) is 6. The Morgan fingerprint density at radius 1 is 1.06 bits per heavy atom. The van der Waals surface area contributed by atoms with Crippen LogP contribution in [-0.4, -0.2) is 80.8 Å². The number of carbonyl (C=O) groups is 2. The summed E-state index contributed by atoms with van der Waals surface area (Å²) in [6, 6.07) is 16.0. The number of nitrogens with one attached hydrogen (secondary N) is 1. The summed E-state index contributed by atoms with van der Waals surface area (Å²) in [5, 5.41) is 2.97. The second-order valence-corrected chi connectivity index (χ2v) is 7.89. The first-order chi connectivity index (χ1) is 16.1. The monoisotopic (exact) mass is 455 g/mol.